The molecule has 3 N–H and O–H groups in total. The van der Waals surface area contributed by atoms with Gasteiger partial charge >= 0.3 is 0 Å². The molecule has 5 nitrogen and oxygen atoms in total. The Morgan fingerprint density at radius 2 is 2.16 bits per heavy atom. The Labute approximate surface area is 153 Å². The van der Waals surface area contributed by atoms with Gasteiger partial charge in [-0.25, -0.2) is 0 Å². The zero-order valence-electron chi connectivity index (χ0n) is 14.6. The van der Waals surface area contributed by atoms with E-state index in [0.717, 1.165) is 11.4 Å². The maximum atomic E-state index is 12.6. The van der Waals surface area contributed by atoms with Crippen LogP contribution in [0.5, 0.6) is 5.75 Å². The number of nitrogens with zero attached hydrogens (tertiary/aromatic N) is 1. The van der Waals surface area contributed by atoms with E-state index in [0.29, 0.717) is 42.3 Å². The monoisotopic (exact) mass is 361 g/mol. The fourth-order valence-electron chi connectivity index (χ4n) is 2.45. The molecule has 0 aliphatic carbocycles. The number of carbonyl (C=O) groups is 1. The van der Waals surface area contributed by atoms with E-state index in [1.54, 1.807) is 18.2 Å². The number of amides is 1. The van der Waals surface area contributed by atoms with Crippen LogP contribution in [0.25, 0.3) is 0 Å². The van der Waals surface area contributed by atoms with E-state index in [1.165, 1.54) is 0 Å². The molecule has 0 saturated carbocycles. The number of hydrogen-bond donors (Lipinski definition) is 2. The standard InChI is InChI=1S/C19H24ClN3O2/c1-13-5-3-6-16(22-13)11-14(2)23-19(24)17-8-7-15(20)12-18(17)25-10-4-9-21/h3,5-8,12,14H,4,9-11,21H2,1-2H3,(H,23,24)/t14-/m0/s1. The van der Waals surface area contributed by atoms with Crippen molar-refractivity contribution in [1.29, 1.82) is 0 Å². The third kappa shape index (κ3) is 6.03. The van der Waals surface area contributed by atoms with Crippen LogP contribution in [-0.2, 0) is 6.42 Å². The number of pyridine rings is 1. The lowest BCUT2D eigenvalue weighted by Crippen LogP contribution is -2.34. The fraction of sp³-hybridized carbons (Fsp3) is 0.368. The highest BCUT2D eigenvalue weighted by Gasteiger charge is 2.16. The molecule has 0 spiro atoms. The van der Waals surface area contributed by atoms with Gasteiger partial charge in [-0.05, 0) is 57.1 Å². The Hall–Kier alpha value is -2.11. The van der Waals surface area contributed by atoms with E-state index >= 15 is 0 Å². The van der Waals surface area contributed by atoms with Gasteiger partial charge in [-0.1, -0.05) is 17.7 Å². The first kappa shape index (κ1) is 19.2. The number of halogens is 1. The Balaban J connectivity index is 2.04. The second kappa shape index (κ2) is 9.39. The van der Waals surface area contributed by atoms with Gasteiger partial charge < -0.3 is 15.8 Å². The van der Waals surface area contributed by atoms with Crippen molar-refractivity contribution in [1.82, 2.24) is 10.3 Å². The van der Waals surface area contributed by atoms with Crippen LogP contribution in [0, 0.1) is 6.92 Å². The average Bonchev–Trinajstić information content (AvgIpc) is 2.55. The van der Waals surface area contributed by atoms with Crippen LogP contribution < -0.4 is 15.8 Å². The van der Waals surface area contributed by atoms with Crippen molar-refractivity contribution in [2.75, 3.05) is 13.2 Å². The Kier molecular flexibility index (Phi) is 7.22. The molecule has 0 aliphatic rings. The van der Waals surface area contributed by atoms with Gasteiger partial charge in [0.25, 0.3) is 5.91 Å². The third-order valence-corrected chi connectivity index (χ3v) is 3.87. The Bertz CT molecular complexity index is 722. The second-order valence-corrected chi connectivity index (χ2v) is 6.42. The highest BCUT2D eigenvalue weighted by molar-refractivity contribution is 6.30. The summed E-state index contributed by atoms with van der Waals surface area (Å²) in [6.45, 7) is 4.88. The normalized spacial score (nSPS) is 11.8. The van der Waals surface area contributed by atoms with Crippen LogP contribution in [0.3, 0.4) is 0 Å². The summed E-state index contributed by atoms with van der Waals surface area (Å²) in [4.78, 5) is 17.1. The minimum Gasteiger partial charge on any atom is -0.493 e. The summed E-state index contributed by atoms with van der Waals surface area (Å²) in [7, 11) is 0. The molecular formula is C19H24ClN3O2. The molecule has 0 bridgehead atoms. The molecule has 1 aromatic heterocycles. The average molecular weight is 362 g/mol. The van der Waals surface area contributed by atoms with Gasteiger partial charge in [-0.3, -0.25) is 9.78 Å². The molecule has 1 amide bonds. The fourth-order valence-corrected chi connectivity index (χ4v) is 2.61. The number of aromatic nitrogens is 1. The Morgan fingerprint density at radius 1 is 1.36 bits per heavy atom. The SMILES string of the molecule is Cc1cccc(C[C@H](C)NC(=O)c2ccc(Cl)cc2OCCCN)n1. The minimum absolute atomic E-state index is 0.0608. The molecule has 2 rings (SSSR count). The predicted molar refractivity (Wildman–Crippen MR) is 100 cm³/mol. The summed E-state index contributed by atoms with van der Waals surface area (Å²) in [5.74, 6) is 0.277. The minimum atomic E-state index is -0.195. The first-order chi connectivity index (χ1) is 12.0. The first-order valence-electron chi connectivity index (χ1n) is 8.35. The molecule has 1 atom stereocenters. The van der Waals surface area contributed by atoms with Crippen LogP contribution >= 0.6 is 11.6 Å². The van der Waals surface area contributed by atoms with Crippen LogP contribution in [0.2, 0.25) is 5.02 Å². The first-order valence-corrected chi connectivity index (χ1v) is 8.73. The molecule has 0 unspecified atom stereocenters. The topological polar surface area (TPSA) is 77.2 Å². The molecule has 6 heteroatoms. The molecule has 0 saturated heterocycles. The molecule has 0 aliphatic heterocycles. The van der Waals surface area contributed by atoms with Crippen molar-refractivity contribution in [2.45, 2.75) is 32.7 Å². The van der Waals surface area contributed by atoms with Crippen molar-refractivity contribution in [3.8, 4) is 5.75 Å². The highest BCUT2D eigenvalue weighted by atomic mass is 35.5. The molecule has 1 heterocycles. The summed E-state index contributed by atoms with van der Waals surface area (Å²) in [6.07, 6.45) is 1.37. The largest absolute Gasteiger partial charge is 0.493 e. The Morgan fingerprint density at radius 3 is 2.88 bits per heavy atom. The van der Waals surface area contributed by atoms with Crippen LogP contribution in [0.4, 0.5) is 0 Å². The van der Waals surface area contributed by atoms with E-state index in [4.69, 9.17) is 22.1 Å². The van der Waals surface area contributed by atoms with Gasteiger partial charge in [0.1, 0.15) is 5.75 Å². The highest BCUT2D eigenvalue weighted by Crippen LogP contribution is 2.24. The molecule has 25 heavy (non-hydrogen) atoms. The number of rotatable bonds is 8. The summed E-state index contributed by atoms with van der Waals surface area (Å²) in [5, 5.41) is 3.51. The van der Waals surface area contributed by atoms with Crippen molar-refractivity contribution < 1.29 is 9.53 Å². The van der Waals surface area contributed by atoms with E-state index in [-0.39, 0.29) is 11.9 Å². The molecule has 134 valence electrons. The van der Waals surface area contributed by atoms with Gasteiger partial charge in [0.2, 0.25) is 0 Å². The zero-order valence-corrected chi connectivity index (χ0v) is 15.3. The summed E-state index contributed by atoms with van der Waals surface area (Å²) >= 11 is 6.02. The maximum Gasteiger partial charge on any atom is 0.255 e. The van der Waals surface area contributed by atoms with E-state index in [9.17, 15) is 4.79 Å². The number of nitrogens with two attached hydrogens (primary N) is 1. The molecule has 2 aromatic rings. The van der Waals surface area contributed by atoms with Crippen LogP contribution in [-0.4, -0.2) is 30.1 Å². The number of nitrogens with one attached hydrogen (secondary N) is 1. The summed E-state index contributed by atoms with van der Waals surface area (Å²) in [6, 6.07) is 10.8. The molecule has 1 aromatic carbocycles. The maximum absolute atomic E-state index is 12.6. The lowest BCUT2D eigenvalue weighted by molar-refractivity contribution is 0.0936. The smallest absolute Gasteiger partial charge is 0.255 e. The van der Waals surface area contributed by atoms with E-state index < -0.39 is 0 Å². The van der Waals surface area contributed by atoms with Crippen molar-refractivity contribution in [2.24, 2.45) is 5.73 Å². The predicted octanol–water partition coefficient (Wildman–Crippen LogP) is 3.13. The number of ether oxygens (including phenoxy) is 1. The van der Waals surface area contributed by atoms with Gasteiger partial charge in [0.15, 0.2) is 0 Å². The van der Waals surface area contributed by atoms with Gasteiger partial charge in [-0.2, -0.15) is 0 Å². The lowest BCUT2D eigenvalue weighted by Gasteiger charge is -2.16. The van der Waals surface area contributed by atoms with E-state index in [1.807, 2.05) is 32.0 Å². The van der Waals surface area contributed by atoms with E-state index in [2.05, 4.69) is 10.3 Å². The van der Waals surface area contributed by atoms with Crippen molar-refractivity contribution in [3.63, 3.8) is 0 Å². The van der Waals surface area contributed by atoms with Crippen LogP contribution in [0.1, 0.15) is 35.1 Å². The number of benzene rings is 1. The van der Waals surface area contributed by atoms with Crippen molar-refractivity contribution >= 4 is 17.5 Å². The second-order valence-electron chi connectivity index (χ2n) is 5.98. The summed E-state index contributed by atoms with van der Waals surface area (Å²) in [5.41, 5.74) is 7.85. The third-order valence-electron chi connectivity index (χ3n) is 3.63. The van der Waals surface area contributed by atoms with Gasteiger partial charge in [0.05, 0.1) is 12.2 Å². The quantitative estimate of drug-likeness (QED) is 0.708. The van der Waals surface area contributed by atoms with Crippen molar-refractivity contribution in [3.05, 3.63) is 58.4 Å². The number of aryl methyl sites for hydroxylation is 1. The molecule has 0 fully saturated rings. The molecule has 0 radical (unpaired) electrons. The molecular weight excluding hydrogens is 338 g/mol. The number of carbonyl (C=O) groups excluding carboxylic acids is 1. The number of hydrogen-bond acceptors (Lipinski definition) is 4. The summed E-state index contributed by atoms with van der Waals surface area (Å²) < 4.78 is 5.66. The van der Waals surface area contributed by atoms with Gasteiger partial charge in [-0.15, -0.1) is 0 Å². The zero-order chi connectivity index (χ0) is 18.2. The van der Waals surface area contributed by atoms with Crippen LogP contribution in [0.15, 0.2) is 36.4 Å². The lowest BCUT2D eigenvalue weighted by atomic mass is 10.1. The van der Waals surface area contributed by atoms with Gasteiger partial charge in [0, 0.05) is 28.9 Å².